The zero-order valence-corrected chi connectivity index (χ0v) is 14.3. The predicted molar refractivity (Wildman–Crippen MR) is 97.3 cm³/mol. The summed E-state index contributed by atoms with van der Waals surface area (Å²) >= 11 is 0. The van der Waals surface area contributed by atoms with Crippen LogP contribution in [0.15, 0.2) is 58.9 Å². The lowest BCUT2D eigenvalue weighted by atomic mass is 10.2. The Balaban J connectivity index is 1.67. The molecule has 26 heavy (non-hydrogen) atoms. The largest absolute Gasteiger partial charge is 0.467 e. The van der Waals surface area contributed by atoms with Gasteiger partial charge in [0.15, 0.2) is 0 Å². The summed E-state index contributed by atoms with van der Waals surface area (Å²) in [6.07, 6.45) is 2.96. The van der Waals surface area contributed by atoms with Crippen LogP contribution in [0, 0.1) is 11.3 Å². The van der Waals surface area contributed by atoms with E-state index in [0.717, 1.165) is 24.5 Å². The minimum absolute atomic E-state index is 0.00617. The van der Waals surface area contributed by atoms with Gasteiger partial charge in [-0.3, -0.25) is 4.79 Å². The Hall–Kier alpha value is -3.24. The van der Waals surface area contributed by atoms with Crippen LogP contribution in [-0.2, 0) is 16.1 Å². The number of nitrogens with zero attached hydrogens (tertiary/aromatic N) is 2. The van der Waals surface area contributed by atoms with E-state index in [1.54, 1.807) is 12.1 Å². The molecule has 134 valence electrons. The van der Waals surface area contributed by atoms with Gasteiger partial charge >= 0.3 is 0 Å². The molecule has 1 amide bonds. The van der Waals surface area contributed by atoms with Crippen LogP contribution >= 0.6 is 0 Å². The maximum atomic E-state index is 12.2. The third kappa shape index (κ3) is 4.43. The van der Waals surface area contributed by atoms with Crippen LogP contribution in [0.2, 0.25) is 0 Å². The van der Waals surface area contributed by atoms with E-state index >= 15 is 0 Å². The maximum absolute atomic E-state index is 12.2. The van der Waals surface area contributed by atoms with Crippen molar-refractivity contribution in [2.45, 2.75) is 6.54 Å². The van der Waals surface area contributed by atoms with Gasteiger partial charge in [0.2, 0.25) is 0 Å². The van der Waals surface area contributed by atoms with Crippen molar-refractivity contribution < 1.29 is 13.9 Å². The lowest BCUT2D eigenvalue weighted by Gasteiger charge is -2.30. The average Bonchev–Trinajstić information content (AvgIpc) is 3.21. The molecule has 0 unspecified atom stereocenters. The van der Waals surface area contributed by atoms with Crippen LogP contribution in [0.3, 0.4) is 0 Å². The summed E-state index contributed by atoms with van der Waals surface area (Å²) in [6.45, 7) is 3.20. The van der Waals surface area contributed by atoms with Crippen LogP contribution in [0.25, 0.3) is 0 Å². The van der Waals surface area contributed by atoms with Gasteiger partial charge < -0.3 is 24.7 Å². The lowest BCUT2D eigenvalue weighted by Crippen LogP contribution is -2.36. The second-order valence-electron chi connectivity index (χ2n) is 5.69. The molecule has 0 spiro atoms. The van der Waals surface area contributed by atoms with Gasteiger partial charge in [-0.25, -0.2) is 0 Å². The number of ether oxygens (including phenoxy) is 1. The van der Waals surface area contributed by atoms with E-state index < -0.39 is 5.91 Å². The fraction of sp³-hybridized carbons (Fsp3) is 0.263. The minimum Gasteiger partial charge on any atom is -0.467 e. The monoisotopic (exact) mass is 352 g/mol. The van der Waals surface area contributed by atoms with Crippen molar-refractivity contribution in [3.8, 4) is 6.07 Å². The molecule has 0 radical (unpaired) electrons. The second-order valence-corrected chi connectivity index (χ2v) is 5.69. The molecule has 0 bridgehead atoms. The first-order valence-corrected chi connectivity index (χ1v) is 8.37. The highest BCUT2D eigenvalue weighted by Crippen LogP contribution is 2.26. The normalized spacial score (nSPS) is 14.6. The maximum Gasteiger partial charge on any atom is 0.263 e. The van der Waals surface area contributed by atoms with Gasteiger partial charge in [0, 0.05) is 19.3 Å². The zero-order valence-electron chi connectivity index (χ0n) is 14.3. The summed E-state index contributed by atoms with van der Waals surface area (Å²) in [4.78, 5) is 14.4. The summed E-state index contributed by atoms with van der Waals surface area (Å²) in [5.41, 5.74) is 1.84. The van der Waals surface area contributed by atoms with Crippen LogP contribution in [0.4, 0.5) is 11.4 Å². The summed E-state index contributed by atoms with van der Waals surface area (Å²) in [6, 6.07) is 13.2. The number of anilines is 2. The molecule has 7 nitrogen and oxygen atoms in total. The van der Waals surface area contributed by atoms with Crippen LogP contribution in [-0.4, -0.2) is 32.2 Å². The topological polar surface area (TPSA) is 90.5 Å². The Bertz CT molecular complexity index is 802. The molecular formula is C19H20N4O3. The third-order valence-electron chi connectivity index (χ3n) is 4.00. The first-order chi connectivity index (χ1) is 12.8. The van der Waals surface area contributed by atoms with Crippen LogP contribution < -0.4 is 15.5 Å². The predicted octanol–water partition coefficient (Wildman–Crippen LogP) is 2.25. The summed E-state index contributed by atoms with van der Waals surface area (Å²) in [5.74, 6) is 0.168. The molecule has 0 aliphatic carbocycles. The Morgan fingerprint density at radius 3 is 2.77 bits per heavy atom. The summed E-state index contributed by atoms with van der Waals surface area (Å²) < 4.78 is 10.5. The number of furan rings is 1. The molecule has 3 rings (SSSR count). The molecule has 2 N–H and O–H groups in total. The number of hydrogen-bond acceptors (Lipinski definition) is 6. The number of carbonyl (C=O) groups is 1. The quantitative estimate of drug-likeness (QED) is 0.612. The highest BCUT2D eigenvalue weighted by atomic mass is 16.5. The van der Waals surface area contributed by atoms with Gasteiger partial charge in [-0.1, -0.05) is 12.1 Å². The van der Waals surface area contributed by atoms with Crippen LogP contribution in [0.1, 0.15) is 5.76 Å². The molecule has 1 fully saturated rings. The first kappa shape index (κ1) is 17.6. The number of rotatable bonds is 6. The van der Waals surface area contributed by atoms with Gasteiger partial charge in [0.1, 0.15) is 17.4 Å². The van der Waals surface area contributed by atoms with Gasteiger partial charge in [0.05, 0.1) is 37.4 Å². The molecule has 2 aromatic rings. The molecule has 1 aromatic heterocycles. The highest BCUT2D eigenvalue weighted by molar-refractivity contribution is 5.97. The number of hydrogen-bond donors (Lipinski definition) is 2. The van der Waals surface area contributed by atoms with E-state index in [2.05, 4.69) is 15.5 Å². The van der Waals surface area contributed by atoms with Gasteiger partial charge in [-0.15, -0.1) is 0 Å². The molecule has 0 saturated carbocycles. The Morgan fingerprint density at radius 1 is 1.23 bits per heavy atom. The zero-order chi connectivity index (χ0) is 18.2. The number of nitrogens with one attached hydrogen (secondary N) is 2. The smallest absolute Gasteiger partial charge is 0.263 e. The second kappa shape index (κ2) is 8.74. The van der Waals surface area contributed by atoms with E-state index in [9.17, 15) is 10.1 Å². The van der Waals surface area contributed by atoms with E-state index in [1.807, 2.05) is 30.3 Å². The van der Waals surface area contributed by atoms with Crippen molar-refractivity contribution in [1.29, 1.82) is 5.26 Å². The number of para-hydroxylation sites is 2. The molecule has 1 saturated heterocycles. The Labute approximate surface area is 151 Å². The van der Waals surface area contributed by atoms with Crippen molar-refractivity contribution in [3.05, 3.63) is 60.2 Å². The summed E-state index contributed by atoms with van der Waals surface area (Å²) in [7, 11) is 0. The molecule has 7 heteroatoms. The van der Waals surface area contributed by atoms with Crippen molar-refractivity contribution >= 4 is 17.3 Å². The number of nitriles is 1. The van der Waals surface area contributed by atoms with Gasteiger partial charge in [-0.05, 0) is 24.3 Å². The van der Waals surface area contributed by atoms with Crippen molar-refractivity contribution in [2.75, 3.05) is 36.5 Å². The van der Waals surface area contributed by atoms with Crippen molar-refractivity contribution in [2.24, 2.45) is 0 Å². The average molecular weight is 352 g/mol. The first-order valence-electron chi connectivity index (χ1n) is 8.37. The van der Waals surface area contributed by atoms with Gasteiger partial charge in [0.25, 0.3) is 5.91 Å². The SMILES string of the molecule is N#C/C(=C/Nc1ccccc1N1CCOCC1)C(=O)NCc1ccco1. The standard InChI is InChI=1S/C19H20N4O3/c20-12-15(19(24)22-14-16-4-3-9-26-16)13-21-17-5-1-2-6-18(17)23-7-10-25-11-8-23/h1-6,9,13,21H,7-8,10-11,14H2,(H,22,24)/b15-13-. The van der Waals surface area contributed by atoms with E-state index in [-0.39, 0.29) is 12.1 Å². The van der Waals surface area contributed by atoms with E-state index in [4.69, 9.17) is 9.15 Å². The number of carbonyl (C=O) groups excluding carboxylic acids is 1. The Morgan fingerprint density at radius 2 is 2.04 bits per heavy atom. The number of amides is 1. The molecule has 1 aliphatic heterocycles. The number of benzene rings is 1. The highest BCUT2D eigenvalue weighted by Gasteiger charge is 2.15. The fourth-order valence-electron chi connectivity index (χ4n) is 2.65. The fourth-order valence-corrected chi connectivity index (χ4v) is 2.65. The van der Waals surface area contributed by atoms with E-state index in [0.29, 0.717) is 19.0 Å². The van der Waals surface area contributed by atoms with Crippen molar-refractivity contribution in [1.82, 2.24) is 5.32 Å². The minimum atomic E-state index is -0.458. The Kier molecular flexibility index (Phi) is 5.91. The van der Waals surface area contributed by atoms with Crippen molar-refractivity contribution in [3.63, 3.8) is 0 Å². The molecule has 2 heterocycles. The van der Waals surface area contributed by atoms with Gasteiger partial charge in [-0.2, -0.15) is 5.26 Å². The summed E-state index contributed by atoms with van der Waals surface area (Å²) in [5, 5.41) is 15.0. The third-order valence-corrected chi connectivity index (χ3v) is 4.00. The lowest BCUT2D eigenvalue weighted by molar-refractivity contribution is -0.117. The van der Waals surface area contributed by atoms with Crippen LogP contribution in [0.5, 0.6) is 0 Å². The molecular weight excluding hydrogens is 332 g/mol. The van der Waals surface area contributed by atoms with E-state index in [1.165, 1.54) is 12.5 Å². The molecule has 1 aliphatic rings. The molecule has 1 aromatic carbocycles. The molecule has 0 atom stereocenters. The number of morpholine rings is 1.